The fourth-order valence-electron chi connectivity index (χ4n) is 4.80. The number of aryl methyl sites for hydroxylation is 1. The number of anilines is 1. The Kier molecular flexibility index (Phi) is 8.74. The number of aromatic nitrogens is 3. The fourth-order valence-corrected chi connectivity index (χ4v) is 6.96. The molecular weight excluding hydrogens is 616 g/mol. The molecule has 220 valence electrons. The number of nitrogens with zero attached hydrogens (tertiary/aromatic N) is 4. The lowest BCUT2D eigenvalue weighted by atomic mass is 9.96. The van der Waals surface area contributed by atoms with Crippen molar-refractivity contribution in [1.29, 1.82) is 0 Å². The van der Waals surface area contributed by atoms with E-state index in [4.69, 9.17) is 16.3 Å². The molecule has 1 amide bonds. The first-order valence-electron chi connectivity index (χ1n) is 13.6. The minimum Gasteiger partial charge on any atom is -0.507 e. The molecule has 1 fully saturated rings. The summed E-state index contributed by atoms with van der Waals surface area (Å²) in [6.07, 6.45) is 3.14. The first-order chi connectivity index (χ1) is 21.4. The number of pyridine rings is 1. The van der Waals surface area contributed by atoms with E-state index in [1.807, 2.05) is 55.5 Å². The molecule has 1 N–H and O–H groups in total. The van der Waals surface area contributed by atoms with Gasteiger partial charge in [-0.2, -0.15) is 0 Å². The number of ether oxygens (including phenoxy) is 1. The molecule has 11 heteroatoms. The lowest BCUT2D eigenvalue weighted by Crippen LogP contribution is -2.29. The van der Waals surface area contributed by atoms with Crippen molar-refractivity contribution in [2.24, 2.45) is 0 Å². The van der Waals surface area contributed by atoms with Gasteiger partial charge in [-0.15, -0.1) is 10.2 Å². The highest BCUT2D eigenvalue weighted by Crippen LogP contribution is 2.44. The lowest BCUT2D eigenvalue weighted by molar-refractivity contribution is -0.132. The van der Waals surface area contributed by atoms with E-state index in [9.17, 15) is 14.7 Å². The normalized spacial score (nSPS) is 16.0. The monoisotopic (exact) mass is 640 g/mol. The maximum atomic E-state index is 13.5. The third kappa shape index (κ3) is 6.10. The number of hydrogen-bond donors (Lipinski definition) is 1. The molecule has 1 saturated heterocycles. The number of ketones is 1. The van der Waals surface area contributed by atoms with Crippen molar-refractivity contribution in [3.63, 3.8) is 0 Å². The molecule has 2 aromatic heterocycles. The number of aliphatic hydroxyl groups excluding tert-OH is 1. The first-order valence-corrected chi connectivity index (χ1v) is 15.8. The summed E-state index contributed by atoms with van der Waals surface area (Å²) in [4.78, 5) is 32.3. The number of rotatable bonds is 9. The van der Waals surface area contributed by atoms with Crippen molar-refractivity contribution in [3.8, 4) is 5.75 Å². The Morgan fingerprint density at radius 3 is 2.39 bits per heavy atom. The van der Waals surface area contributed by atoms with Crippen LogP contribution < -0.4 is 9.64 Å². The van der Waals surface area contributed by atoms with Crippen molar-refractivity contribution in [2.75, 3.05) is 4.90 Å². The van der Waals surface area contributed by atoms with Gasteiger partial charge in [0.05, 0.1) is 11.6 Å². The van der Waals surface area contributed by atoms with Crippen molar-refractivity contribution in [3.05, 3.63) is 136 Å². The SMILES string of the molecule is Cc1ccccc1COc1ccc(/C(O)=C2\C(=O)C(=O)N(c3nnc(SCc4ccccc4Cl)s3)C2c2ccncc2)cc1. The molecule has 3 aromatic carbocycles. The van der Waals surface area contributed by atoms with Crippen LogP contribution in [0.3, 0.4) is 0 Å². The van der Waals surface area contributed by atoms with Crippen molar-refractivity contribution in [2.45, 2.75) is 29.7 Å². The Labute approximate surface area is 267 Å². The van der Waals surface area contributed by atoms with Crippen LogP contribution in [0, 0.1) is 6.92 Å². The van der Waals surface area contributed by atoms with Gasteiger partial charge in [0.2, 0.25) is 5.13 Å². The number of aliphatic hydroxyl groups is 1. The smallest absolute Gasteiger partial charge is 0.301 e. The van der Waals surface area contributed by atoms with Gasteiger partial charge in [-0.05, 0) is 71.6 Å². The standard InChI is InChI=1S/C33H25ClN4O4S2/c1-20-6-2-3-7-23(20)18-42-25-12-10-22(11-13-25)29(39)27-28(21-14-16-35-17-15-21)38(31(41)30(27)40)32-36-37-33(44-32)43-19-24-8-4-5-9-26(24)34/h2-17,28,39H,18-19H2,1H3/b29-27+. The molecule has 1 aliphatic heterocycles. The summed E-state index contributed by atoms with van der Waals surface area (Å²) in [6, 6.07) is 24.7. The molecule has 6 rings (SSSR count). The fraction of sp³-hybridized carbons (Fsp3) is 0.121. The van der Waals surface area contributed by atoms with Crippen LogP contribution in [0.5, 0.6) is 5.75 Å². The molecule has 44 heavy (non-hydrogen) atoms. The summed E-state index contributed by atoms with van der Waals surface area (Å²) in [5.74, 6) is -0.747. The number of carbonyl (C=O) groups excluding carboxylic acids is 2. The minimum atomic E-state index is -0.927. The summed E-state index contributed by atoms with van der Waals surface area (Å²) >= 11 is 8.91. The molecular formula is C33H25ClN4O4S2. The molecule has 1 unspecified atom stereocenters. The van der Waals surface area contributed by atoms with E-state index < -0.39 is 17.7 Å². The van der Waals surface area contributed by atoms with Crippen LogP contribution in [-0.4, -0.2) is 32.0 Å². The Bertz CT molecular complexity index is 1860. The molecule has 0 saturated carbocycles. The Balaban J connectivity index is 1.29. The Hall–Kier alpha value is -4.51. The van der Waals surface area contributed by atoms with E-state index in [-0.39, 0.29) is 16.5 Å². The van der Waals surface area contributed by atoms with E-state index in [1.54, 1.807) is 48.8 Å². The second-order valence-electron chi connectivity index (χ2n) is 9.92. The molecule has 8 nitrogen and oxygen atoms in total. The molecule has 1 atom stereocenters. The highest BCUT2D eigenvalue weighted by molar-refractivity contribution is 8.00. The van der Waals surface area contributed by atoms with Crippen LogP contribution in [0.1, 0.15) is 33.9 Å². The summed E-state index contributed by atoms with van der Waals surface area (Å²) in [6.45, 7) is 2.42. The molecule has 1 aliphatic rings. The molecule has 0 bridgehead atoms. The van der Waals surface area contributed by atoms with Crippen LogP contribution in [-0.2, 0) is 21.9 Å². The number of halogens is 1. The van der Waals surface area contributed by atoms with Gasteiger partial charge in [-0.1, -0.05) is 77.2 Å². The maximum absolute atomic E-state index is 13.5. The van der Waals surface area contributed by atoms with Crippen molar-refractivity contribution in [1.82, 2.24) is 15.2 Å². The van der Waals surface area contributed by atoms with Gasteiger partial charge in [-0.25, -0.2) is 0 Å². The Morgan fingerprint density at radius 1 is 0.955 bits per heavy atom. The van der Waals surface area contributed by atoms with Crippen LogP contribution in [0.4, 0.5) is 5.13 Å². The molecule has 0 spiro atoms. The van der Waals surface area contributed by atoms with E-state index in [0.717, 1.165) is 16.7 Å². The number of thioether (sulfide) groups is 1. The van der Waals surface area contributed by atoms with Crippen molar-refractivity contribution < 1.29 is 19.4 Å². The second-order valence-corrected chi connectivity index (χ2v) is 12.5. The maximum Gasteiger partial charge on any atom is 0.301 e. The highest BCUT2D eigenvalue weighted by Gasteiger charge is 2.48. The van der Waals surface area contributed by atoms with E-state index >= 15 is 0 Å². The molecule has 0 aliphatic carbocycles. The van der Waals surface area contributed by atoms with Gasteiger partial charge in [0.25, 0.3) is 5.78 Å². The average Bonchev–Trinajstić information content (AvgIpc) is 3.62. The van der Waals surface area contributed by atoms with E-state index in [0.29, 0.717) is 38.6 Å². The summed E-state index contributed by atoms with van der Waals surface area (Å²) < 4.78 is 6.54. The zero-order valence-electron chi connectivity index (χ0n) is 23.4. The van der Waals surface area contributed by atoms with Crippen molar-refractivity contribution >= 4 is 57.3 Å². The lowest BCUT2D eigenvalue weighted by Gasteiger charge is -2.22. The largest absolute Gasteiger partial charge is 0.507 e. The third-order valence-corrected chi connectivity index (χ3v) is 9.63. The quantitative estimate of drug-likeness (QED) is 0.0584. The second kappa shape index (κ2) is 13.0. The van der Waals surface area contributed by atoms with Crippen LogP contribution in [0.2, 0.25) is 5.02 Å². The van der Waals surface area contributed by atoms with Gasteiger partial charge < -0.3 is 9.84 Å². The summed E-state index contributed by atoms with van der Waals surface area (Å²) in [5, 5.41) is 20.9. The number of benzene rings is 3. The molecule has 5 aromatic rings. The van der Waals surface area contributed by atoms with Gasteiger partial charge in [0.15, 0.2) is 4.34 Å². The topological polar surface area (TPSA) is 106 Å². The highest BCUT2D eigenvalue weighted by atomic mass is 35.5. The minimum absolute atomic E-state index is 0.0461. The summed E-state index contributed by atoms with van der Waals surface area (Å²) in [7, 11) is 0. The van der Waals surface area contributed by atoms with Crippen LogP contribution in [0.15, 0.2) is 107 Å². The van der Waals surface area contributed by atoms with Gasteiger partial charge in [0.1, 0.15) is 18.1 Å². The van der Waals surface area contributed by atoms with E-state index in [2.05, 4.69) is 15.2 Å². The van der Waals surface area contributed by atoms with Gasteiger partial charge >= 0.3 is 5.91 Å². The van der Waals surface area contributed by atoms with Gasteiger partial charge in [-0.3, -0.25) is 19.5 Å². The number of carbonyl (C=O) groups is 2. The zero-order valence-corrected chi connectivity index (χ0v) is 25.8. The third-order valence-electron chi connectivity index (χ3n) is 7.16. The predicted molar refractivity (Wildman–Crippen MR) is 172 cm³/mol. The average molecular weight is 641 g/mol. The first kappa shape index (κ1) is 29.6. The number of hydrogen-bond acceptors (Lipinski definition) is 9. The Morgan fingerprint density at radius 2 is 1.66 bits per heavy atom. The zero-order chi connectivity index (χ0) is 30.6. The van der Waals surface area contributed by atoms with Gasteiger partial charge in [0, 0.05) is 28.7 Å². The predicted octanol–water partition coefficient (Wildman–Crippen LogP) is 7.39. The van der Waals surface area contributed by atoms with Crippen LogP contribution in [0.25, 0.3) is 5.76 Å². The summed E-state index contributed by atoms with van der Waals surface area (Å²) in [5.41, 5.74) is 4.07. The number of amides is 1. The van der Waals surface area contributed by atoms with E-state index in [1.165, 1.54) is 28.0 Å². The molecule has 3 heterocycles. The number of Topliss-reactive ketones (excluding diaryl/α,β-unsaturated/α-hetero) is 1. The molecule has 0 radical (unpaired) electrons. The van der Waals surface area contributed by atoms with Crippen LogP contribution >= 0.6 is 34.7 Å².